The summed E-state index contributed by atoms with van der Waals surface area (Å²) in [5, 5.41) is 24.4. The SMILES string of the molecule is Cc1onc(Cc2nc(C(=O)O)no2)c1C#N. The van der Waals surface area contributed by atoms with E-state index in [2.05, 4.69) is 15.3 Å². The molecular weight excluding hydrogens is 228 g/mol. The number of nitriles is 1. The van der Waals surface area contributed by atoms with Gasteiger partial charge >= 0.3 is 5.97 Å². The number of carboxylic acid groups (broad SMARTS) is 1. The number of hydrogen-bond acceptors (Lipinski definition) is 7. The molecule has 2 aromatic heterocycles. The van der Waals surface area contributed by atoms with E-state index >= 15 is 0 Å². The van der Waals surface area contributed by atoms with Crippen LogP contribution in [0.25, 0.3) is 0 Å². The van der Waals surface area contributed by atoms with Gasteiger partial charge in [0.1, 0.15) is 17.3 Å². The highest BCUT2D eigenvalue weighted by Gasteiger charge is 2.18. The van der Waals surface area contributed by atoms with Crippen LogP contribution < -0.4 is 0 Å². The van der Waals surface area contributed by atoms with Crippen molar-refractivity contribution < 1.29 is 18.9 Å². The molecule has 0 fully saturated rings. The van der Waals surface area contributed by atoms with E-state index in [1.165, 1.54) is 0 Å². The molecule has 0 unspecified atom stereocenters. The molecule has 0 saturated heterocycles. The van der Waals surface area contributed by atoms with Crippen LogP contribution in [-0.4, -0.2) is 26.4 Å². The molecule has 0 amide bonds. The van der Waals surface area contributed by atoms with Crippen LogP contribution in [0.2, 0.25) is 0 Å². The molecule has 17 heavy (non-hydrogen) atoms. The molecule has 0 spiro atoms. The molecule has 2 rings (SSSR count). The Kier molecular flexibility index (Phi) is 2.58. The van der Waals surface area contributed by atoms with Gasteiger partial charge < -0.3 is 14.2 Å². The largest absolute Gasteiger partial charge is 0.475 e. The third kappa shape index (κ3) is 1.98. The minimum Gasteiger partial charge on any atom is -0.475 e. The third-order valence-electron chi connectivity index (χ3n) is 2.02. The lowest BCUT2D eigenvalue weighted by atomic mass is 10.2. The van der Waals surface area contributed by atoms with Crippen molar-refractivity contribution in [2.75, 3.05) is 0 Å². The normalized spacial score (nSPS) is 10.1. The number of aromatic carboxylic acids is 1. The molecule has 2 heterocycles. The van der Waals surface area contributed by atoms with Gasteiger partial charge in [-0.25, -0.2) is 4.79 Å². The zero-order valence-electron chi connectivity index (χ0n) is 8.67. The van der Waals surface area contributed by atoms with E-state index in [9.17, 15) is 4.79 Å². The molecule has 1 N–H and O–H groups in total. The molecule has 0 bridgehead atoms. The molecule has 0 atom stereocenters. The van der Waals surface area contributed by atoms with Crippen LogP contribution in [0.5, 0.6) is 0 Å². The van der Waals surface area contributed by atoms with Crippen LogP contribution in [-0.2, 0) is 6.42 Å². The molecule has 0 aliphatic rings. The molecule has 0 aliphatic heterocycles. The van der Waals surface area contributed by atoms with Crippen LogP contribution >= 0.6 is 0 Å². The van der Waals surface area contributed by atoms with Gasteiger partial charge in [-0.05, 0) is 12.1 Å². The van der Waals surface area contributed by atoms with Gasteiger partial charge in [-0.2, -0.15) is 10.2 Å². The Labute approximate surface area is 94.4 Å². The number of aryl methyl sites for hydroxylation is 1. The van der Waals surface area contributed by atoms with Gasteiger partial charge in [-0.3, -0.25) is 0 Å². The first-order valence-electron chi connectivity index (χ1n) is 4.53. The highest BCUT2D eigenvalue weighted by Crippen LogP contribution is 2.15. The van der Waals surface area contributed by atoms with Gasteiger partial charge in [-0.1, -0.05) is 5.16 Å². The van der Waals surface area contributed by atoms with Crippen molar-refractivity contribution in [1.29, 1.82) is 5.26 Å². The van der Waals surface area contributed by atoms with E-state index in [1.54, 1.807) is 6.92 Å². The van der Waals surface area contributed by atoms with Gasteiger partial charge in [0, 0.05) is 0 Å². The average Bonchev–Trinajstić information content (AvgIpc) is 2.87. The van der Waals surface area contributed by atoms with Gasteiger partial charge in [0.25, 0.3) is 5.82 Å². The summed E-state index contributed by atoms with van der Waals surface area (Å²) in [6.45, 7) is 1.60. The van der Waals surface area contributed by atoms with Gasteiger partial charge in [0.05, 0.1) is 6.42 Å². The number of nitrogens with zero attached hydrogens (tertiary/aromatic N) is 4. The lowest BCUT2D eigenvalue weighted by Gasteiger charge is -1.88. The first-order valence-corrected chi connectivity index (χ1v) is 4.53. The summed E-state index contributed by atoms with van der Waals surface area (Å²) < 4.78 is 9.54. The highest BCUT2D eigenvalue weighted by molar-refractivity contribution is 5.82. The van der Waals surface area contributed by atoms with E-state index in [0.29, 0.717) is 17.0 Å². The minimum absolute atomic E-state index is 0.0561. The van der Waals surface area contributed by atoms with Crippen LogP contribution in [0.3, 0.4) is 0 Å². The van der Waals surface area contributed by atoms with Crippen LogP contribution in [0, 0.1) is 18.3 Å². The smallest absolute Gasteiger partial charge is 0.377 e. The maximum Gasteiger partial charge on any atom is 0.377 e. The van der Waals surface area contributed by atoms with E-state index in [1.807, 2.05) is 6.07 Å². The molecular formula is C9H6N4O4. The number of carbonyl (C=O) groups is 1. The summed E-state index contributed by atoms with van der Waals surface area (Å²) >= 11 is 0. The van der Waals surface area contributed by atoms with Crippen molar-refractivity contribution in [3.63, 3.8) is 0 Å². The minimum atomic E-state index is -1.28. The summed E-state index contributed by atoms with van der Waals surface area (Å²) in [6, 6.07) is 1.93. The number of hydrogen-bond donors (Lipinski definition) is 1. The first kappa shape index (κ1) is 10.8. The number of carboxylic acids is 1. The van der Waals surface area contributed by atoms with Gasteiger partial charge in [0.2, 0.25) is 5.89 Å². The summed E-state index contributed by atoms with van der Waals surface area (Å²) in [4.78, 5) is 14.1. The molecule has 0 saturated carbocycles. The number of aromatic nitrogens is 3. The Morgan fingerprint density at radius 1 is 1.47 bits per heavy atom. The zero-order valence-corrected chi connectivity index (χ0v) is 8.67. The quantitative estimate of drug-likeness (QED) is 0.814. The topological polar surface area (TPSA) is 126 Å². The average molecular weight is 234 g/mol. The maximum atomic E-state index is 10.5. The molecule has 0 radical (unpaired) electrons. The molecule has 8 heteroatoms. The Bertz CT molecular complexity index is 607. The van der Waals surface area contributed by atoms with Gasteiger partial charge in [0.15, 0.2) is 5.76 Å². The standard InChI is InChI=1S/C9H6N4O4/c1-4-5(3-10)6(12-16-4)2-7-11-8(9(14)15)13-17-7/h2H2,1H3,(H,14,15). The van der Waals surface area contributed by atoms with Gasteiger partial charge in [-0.15, -0.1) is 0 Å². The molecule has 0 aromatic carbocycles. The fourth-order valence-corrected chi connectivity index (χ4v) is 1.24. The lowest BCUT2D eigenvalue weighted by molar-refractivity contribution is 0.0680. The van der Waals surface area contributed by atoms with Crippen LogP contribution in [0.15, 0.2) is 9.05 Å². The second-order valence-electron chi connectivity index (χ2n) is 3.17. The van der Waals surface area contributed by atoms with Crippen LogP contribution in [0.1, 0.15) is 33.5 Å². The van der Waals surface area contributed by atoms with Crippen molar-refractivity contribution in [3.05, 3.63) is 28.7 Å². The van der Waals surface area contributed by atoms with Crippen molar-refractivity contribution >= 4 is 5.97 Å². The van der Waals surface area contributed by atoms with E-state index in [-0.39, 0.29) is 12.3 Å². The monoisotopic (exact) mass is 234 g/mol. The summed E-state index contributed by atoms with van der Waals surface area (Å²) in [7, 11) is 0. The van der Waals surface area contributed by atoms with E-state index in [0.717, 1.165) is 0 Å². The summed E-state index contributed by atoms with van der Waals surface area (Å²) in [5.74, 6) is -1.26. The Morgan fingerprint density at radius 3 is 2.82 bits per heavy atom. The lowest BCUT2D eigenvalue weighted by Crippen LogP contribution is -1.99. The Morgan fingerprint density at radius 2 is 2.24 bits per heavy atom. The van der Waals surface area contributed by atoms with Crippen molar-refractivity contribution in [2.45, 2.75) is 13.3 Å². The molecule has 2 aromatic rings. The molecule has 8 nitrogen and oxygen atoms in total. The predicted octanol–water partition coefficient (Wildman–Crippen LogP) is 0.527. The zero-order chi connectivity index (χ0) is 12.4. The first-order chi connectivity index (χ1) is 8.11. The summed E-state index contributed by atoms with van der Waals surface area (Å²) in [6.07, 6.45) is 0.0561. The third-order valence-corrected chi connectivity index (χ3v) is 2.02. The summed E-state index contributed by atoms with van der Waals surface area (Å²) in [5.41, 5.74) is 0.630. The maximum absolute atomic E-state index is 10.5. The second-order valence-corrected chi connectivity index (χ2v) is 3.17. The number of rotatable bonds is 3. The fourth-order valence-electron chi connectivity index (χ4n) is 1.24. The fraction of sp³-hybridized carbons (Fsp3) is 0.222. The molecule has 86 valence electrons. The van der Waals surface area contributed by atoms with Crippen LogP contribution in [0.4, 0.5) is 0 Å². The second kappa shape index (κ2) is 4.05. The van der Waals surface area contributed by atoms with E-state index in [4.69, 9.17) is 19.4 Å². The van der Waals surface area contributed by atoms with Crippen molar-refractivity contribution in [2.24, 2.45) is 0 Å². The highest BCUT2D eigenvalue weighted by atomic mass is 16.5. The van der Waals surface area contributed by atoms with Crippen molar-refractivity contribution in [3.8, 4) is 6.07 Å². The Balaban J connectivity index is 2.26. The van der Waals surface area contributed by atoms with Crippen molar-refractivity contribution in [1.82, 2.24) is 15.3 Å². The Hall–Kier alpha value is -2.69. The molecule has 0 aliphatic carbocycles. The predicted molar refractivity (Wildman–Crippen MR) is 50.0 cm³/mol. The van der Waals surface area contributed by atoms with E-state index < -0.39 is 11.8 Å².